The highest BCUT2D eigenvalue weighted by molar-refractivity contribution is 7.12. The standard InChI is InChI=1S/C19H27NS/c1-14-11-12-18(21-14)15(2)20-17(13-19(3,4)5)16-9-7-6-8-10-16/h6-12,15,17,20H,13H2,1-5H3. The number of rotatable bonds is 5. The van der Waals surface area contributed by atoms with Gasteiger partial charge in [0.1, 0.15) is 0 Å². The Labute approximate surface area is 133 Å². The second-order valence-electron chi connectivity index (χ2n) is 7.06. The SMILES string of the molecule is Cc1ccc(C(C)NC(CC(C)(C)C)c2ccccc2)s1. The lowest BCUT2D eigenvalue weighted by Crippen LogP contribution is -2.27. The Bertz CT molecular complexity index is 550. The van der Waals surface area contributed by atoms with Gasteiger partial charge < -0.3 is 5.32 Å². The van der Waals surface area contributed by atoms with Crippen LogP contribution in [0.15, 0.2) is 42.5 Å². The van der Waals surface area contributed by atoms with Gasteiger partial charge in [-0.15, -0.1) is 11.3 Å². The monoisotopic (exact) mass is 301 g/mol. The zero-order valence-corrected chi connectivity index (χ0v) is 14.6. The van der Waals surface area contributed by atoms with Gasteiger partial charge in [0.25, 0.3) is 0 Å². The molecule has 1 aromatic carbocycles. The van der Waals surface area contributed by atoms with Crippen LogP contribution in [0.25, 0.3) is 0 Å². The van der Waals surface area contributed by atoms with Gasteiger partial charge in [-0.2, -0.15) is 0 Å². The molecule has 0 aliphatic rings. The van der Waals surface area contributed by atoms with E-state index < -0.39 is 0 Å². The van der Waals surface area contributed by atoms with E-state index in [2.05, 4.69) is 82.4 Å². The van der Waals surface area contributed by atoms with Crippen molar-refractivity contribution in [2.45, 2.75) is 53.1 Å². The molecule has 1 N–H and O–H groups in total. The van der Waals surface area contributed by atoms with Crippen molar-refractivity contribution >= 4 is 11.3 Å². The van der Waals surface area contributed by atoms with E-state index in [0.29, 0.717) is 17.5 Å². The summed E-state index contributed by atoms with van der Waals surface area (Å²) < 4.78 is 0. The first kappa shape index (κ1) is 16.3. The smallest absolute Gasteiger partial charge is 0.0391 e. The van der Waals surface area contributed by atoms with Crippen molar-refractivity contribution < 1.29 is 0 Å². The zero-order chi connectivity index (χ0) is 15.5. The van der Waals surface area contributed by atoms with E-state index in [1.807, 2.05) is 11.3 Å². The Kier molecular flexibility index (Phi) is 5.23. The van der Waals surface area contributed by atoms with Gasteiger partial charge >= 0.3 is 0 Å². The zero-order valence-electron chi connectivity index (χ0n) is 13.8. The fraction of sp³-hybridized carbons (Fsp3) is 0.474. The number of thiophene rings is 1. The summed E-state index contributed by atoms with van der Waals surface area (Å²) in [5, 5.41) is 3.83. The van der Waals surface area contributed by atoms with E-state index in [1.54, 1.807) is 0 Å². The summed E-state index contributed by atoms with van der Waals surface area (Å²) in [6, 6.07) is 16.0. The third-order valence-corrected chi connectivity index (χ3v) is 4.84. The molecule has 0 amide bonds. The Morgan fingerprint density at radius 1 is 1.05 bits per heavy atom. The Morgan fingerprint density at radius 2 is 1.71 bits per heavy atom. The quantitative estimate of drug-likeness (QED) is 0.726. The van der Waals surface area contributed by atoms with Crippen LogP contribution >= 0.6 is 11.3 Å². The van der Waals surface area contributed by atoms with Crippen LogP contribution in [0.1, 0.15) is 61.5 Å². The van der Waals surface area contributed by atoms with Gasteiger partial charge in [0, 0.05) is 21.8 Å². The maximum absolute atomic E-state index is 3.83. The molecule has 2 atom stereocenters. The van der Waals surface area contributed by atoms with Crippen molar-refractivity contribution in [1.82, 2.24) is 5.32 Å². The lowest BCUT2D eigenvalue weighted by atomic mass is 9.85. The summed E-state index contributed by atoms with van der Waals surface area (Å²) in [5.74, 6) is 0. The first-order valence-electron chi connectivity index (χ1n) is 7.72. The largest absolute Gasteiger partial charge is 0.303 e. The number of hydrogen-bond donors (Lipinski definition) is 1. The van der Waals surface area contributed by atoms with E-state index in [9.17, 15) is 0 Å². The van der Waals surface area contributed by atoms with Gasteiger partial charge in [0.15, 0.2) is 0 Å². The average molecular weight is 301 g/mol. The van der Waals surface area contributed by atoms with Gasteiger partial charge in [-0.25, -0.2) is 0 Å². The molecule has 0 saturated heterocycles. The lowest BCUT2D eigenvalue weighted by molar-refractivity contribution is 0.298. The van der Waals surface area contributed by atoms with Crippen molar-refractivity contribution in [3.63, 3.8) is 0 Å². The summed E-state index contributed by atoms with van der Waals surface area (Å²) in [6.07, 6.45) is 1.13. The normalized spacial score (nSPS) is 14.9. The summed E-state index contributed by atoms with van der Waals surface area (Å²) >= 11 is 1.89. The fourth-order valence-corrected chi connectivity index (χ4v) is 3.53. The Morgan fingerprint density at radius 3 is 2.24 bits per heavy atom. The highest BCUT2D eigenvalue weighted by atomic mass is 32.1. The van der Waals surface area contributed by atoms with Crippen molar-refractivity contribution in [3.05, 3.63) is 57.8 Å². The van der Waals surface area contributed by atoms with E-state index in [1.165, 1.54) is 15.3 Å². The first-order chi connectivity index (χ1) is 9.85. The van der Waals surface area contributed by atoms with Crippen LogP contribution in [0, 0.1) is 12.3 Å². The Balaban J connectivity index is 2.16. The molecule has 114 valence electrons. The molecule has 1 nitrogen and oxygen atoms in total. The van der Waals surface area contributed by atoms with Crippen molar-refractivity contribution in [2.75, 3.05) is 0 Å². The van der Waals surface area contributed by atoms with E-state index in [-0.39, 0.29) is 0 Å². The minimum absolute atomic E-state index is 0.304. The second kappa shape index (κ2) is 6.76. The maximum Gasteiger partial charge on any atom is 0.0391 e. The summed E-state index contributed by atoms with van der Waals surface area (Å²) in [5.41, 5.74) is 1.69. The van der Waals surface area contributed by atoms with Crippen LogP contribution in [0.4, 0.5) is 0 Å². The molecule has 21 heavy (non-hydrogen) atoms. The maximum atomic E-state index is 3.83. The molecule has 2 aromatic rings. The molecular formula is C19H27NS. The van der Waals surface area contributed by atoms with Crippen molar-refractivity contribution in [2.24, 2.45) is 5.41 Å². The topological polar surface area (TPSA) is 12.0 Å². The van der Waals surface area contributed by atoms with Gasteiger partial charge in [0.2, 0.25) is 0 Å². The molecule has 1 aromatic heterocycles. The summed E-state index contributed by atoms with van der Waals surface area (Å²) in [7, 11) is 0. The van der Waals surface area contributed by atoms with Crippen LogP contribution in [0.5, 0.6) is 0 Å². The highest BCUT2D eigenvalue weighted by Gasteiger charge is 2.22. The van der Waals surface area contributed by atoms with Gasteiger partial charge in [0.05, 0.1) is 0 Å². The molecule has 1 heterocycles. The summed E-state index contributed by atoms with van der Waals surface area (Å²) in [6.45, 7) is 11.4. The van der Waals surface area contributed by atoms with Crippen LogP contribution in [0.2, 0.25) is 0 Å². The predicted octanol–water partition coefficient (Wildman–Crippen LogP) is 5.88. The van der Waals surface area contributed by atoms with Gasteiger partial charge in [-0.1, -0.05) is 51.1 Å². The van der Waals surface area contributed by atoms with Gasteiger partial charge in [-0.05, 0) is 43.4 Å². The number of hydrogen-bond acceptors (Lipinski definition) is 2. The van der Waals surface area contributed by atoms with E-state index in [0.717, 1.165) is 6.42 Å². The number of nitrogens with one attached hydrogen (secondary N) is 1. The molecule has 0 radical (unpaired) electrons. The number of aryl methyl sites for hydroxylation is 1. The molecule has 2 heteroatoms. The van der Waals surface area contributed by atoms with E-state index >= 15 is 0 Å². The predicted molar refractivity (Wildman–Crippen MR) is 93.9 cm³/mol. The highest BCUT2D eigenvalue weighted by Crippen LogP contribution is 2.32. The minimum Gasteiger partial charge on any atom is -0.303 e. The van der Waals surface area contributed by atoms with Crippen molar-refractivity contribution in [1.29, 1.82) is 0 Å². The molecular weight excluding hydrogens is 274 g/mol. The summed E-state index contributed by atoms with van der Waals surface area (Å²) in [4.78, 5) is 2.80. The molecule has 0 bridgehead atoms. The van der Waals surface area contributed by atoms with Gasteiger partial charge in [-0.3, -0.25) is 0 Å². The number of benzene rings is 1. The molecule has 2 unspecified atom stereocenters. The lowest BCUT2D eigenvalue weighted by Gasteiger charge is -2.29. The molecule has 0 aliphatic heterocycles. The van der Waals surface area contributed by atoms with E-state index in [4.69, 9.17) is 0 Å². The first-order valence-corrected chi connectivity index (χ1v) is 8.54. The third kappa shape index (κ3) is 4.98. The molecule has 2 rings (SSSR count). The van der Waals surface area contributed by atoms with Crippen LogP contribution in [-0.2, 0) is 0 Å². The van der Waals surface area contributed by atoms with Crippen LogP contribution in [0.3, 0.4) is 0 Å². The second-order valence-corrected chi connectivity index (χ2v) is 8.38. The molecule has 0 spiro atoms. The minimum atomic E-state index is 0.304. The third-order valence-electron chi connectivity index (χ3n) is 3.66. The molecule has 0 fully saturated rings. The molecule has 0 aliphatic carbocycles. The fourth-order valence-electron chi connectivity index (χ4n) is 2.64. The van der Waals surface area contributed by atoms with Crippen LogP contribution in [-0.4, -0.2) is 0 Å². The molecule has 0 saturated carbocycles. The average Bonchev–Trinajstić information content (AvgIpc) is 2.84. The van der Waals surface area contributed by atoms with Crippen LogP contribution < -0.4 is 5.32 Å². The Hall–Kier alpha value is -1.12. The van der Waals surface area contributed by atoms with Crippen molar-refractivity contribution in [3.8, 4) is 0 Å².